The molecule has 30 heavy (non-hydrogen) atoms. The van der Waals surface area contributed by atoms with E-state index in [2.05, 4.69) is 10.5 Å². The molecule has 3 aromatic rings. The van der Waals surface area contributed by atoms with Crippen molar-refractivity contribution in [2.45, 2.75) is 6.10 Å². The summed E-state index contributed by atoms with van der Waals surface area (Å²) in [7, 11) is 0. The van der Waals surface area contributed by atoms with E-state index < -0.39 is 5.91 Å². The molecule has 7 nitrogen and oxygen atoms in total. The molecule has 1 N–H and O–H groups in total. The van der Waals surface area contributed by atoms with E-state index in [1.54, 1.807) is 23.1 Å². The van der Waals surface area contributed by atoms with Gasteiger partial charge in [0.1, 0.15) is 6.10 Å². The largest absolute Gasteiger partial charge is 0.370 e. The van der Waals surface area contributed by atoms with Crippen molar-refractivity contribution in [3.63, 3.8) is 0 Å². The van der Waals surface area contributed by atoms with Gasteiger partial charge in [0.25, 0.3) is 5.91 Å². The number of aromatic nitrogens is 1. The van der Waals surface area contributed by atoms with Crippen LogP contribution >= 0.6 is 11.6 Å². The predicted molar refractivity (Wildman–Crippen MR) is 111 cm³/mol. The Morgan fingerprint density at radius 2 is 1.90 bits per heavy atom. The van der Waals surface area contributed by atoms with E-state index in [0.717, 1.165) is 11.1 Å². The fraction of sp³-hybridized carbons (Fsp3) is 0.227. The van der Waals surface area contributed by atoms with Gasteiger partial charge in [0.2, 0.25) is 5.91 Å². The SMILES string of the molecule is O=C(NCC(=O)N1CCOC(c2ccc(Cl)cc2)C1)c1cc(-c2ccccc2)on1. The average molecular weight is 426 g/mol. The van der Waals surface area contributed by atoms with Crippen molar-refractivity contribution in [3.05, 3.63) is 76.9 Å². The van der Waals surface area contributed by atoms with E-state index >= 15 is 0 Å². The van der Waals surface area contributed by atoms with Gasteiger partial charge in [-0.1, -0.05) is 59.2 Å². The number of carbonyl (C=O) groups excluding carboxylic acids is 2. The Kier molecular flexibility index (Phi) is 6.11. The lowest BCUT2D eigenvalue weighted by molar-refractivity contribution is -0.137. The lowest BCUT2D eigenvalue weighted by atomic mass is 10.1. The molecule has 2 amide bonds. The van der Waals surface area contributed by atoms with E-state index in [1.165, 1.54) is 0 Å². The minimum absolute atomic E-state index is 0.125. The van der Waals surface area contributed by atoms with Crippen molar-refractivity contribution in [3.8, 4) is 11.3 Å². The van der Waals surface area contributed by atoms with Crippen LogP contribution in [0.3, 0.4) is 0 Å². The van der Waals surface area contributed by atoms with Crippen molar-refractivity contribution < 1.29 is 18.8 Å². The monoisotopic (exact) mass is 425 g/mol. The highest BCUT2D eigenvalue weighted by molar-refractivity contribution is 6.30. The summed E-state index contributed by atoms with van der Waals surface area (Å²) in [5.41, 5.74) is 1.90. The van der Waals surface area contributed by atoms with Gasteiger partial charge in [-0.15, -0.1) is 0 Å². The molecule has 1 fully saturated rings. The molecule has 8 heteroatoms. The minimum atomic E-state index is -0.461. The van der Waals surface area contributed by atoms with E-state index in [1.807, 2.05) is 42.5 Å². The van der Waals surface area contributed by atoms with Crippen LogP contribution in [0.4, 0.5) is 0 Å². The first-order valence-electron chi connectivity index (χ1n) is 9.55. The number of amides is 2. The van der Waals surface area contributed by atoms with E-state index in [-0.39, 0.29) is 24.2 Å². The normalized spacial score (nSPS) is 16.3. The van der Waals surface area contributed by atoms with Crippen LogP contribution in [0.25, 0.3) is 11.3 Å². The number of rotatable bonds is 5. The molecule has 2 heterocycles. The molecule has 1 unspecified atom stereocenters. The summed E-state index contributed by atoms with van der Waals surface area (Å²) in [5.74, 6) is -0.153. The summed E-state index contributed by atoms with van der Waals surface area (Å²) in [6, 6.07) is 18.3. The molecule has 1 atom stereocenters. The second-order valence-corrected chi connectivity index (χ2v) is 7.31. The summed E-state index contributed by atoms with van der Waals surface area (Å²) >= 11 is 5.93. The fourth-order valence-corrected chi connectivity index (χ4v) is 3.36. The van der Waals surface area contributed by atoms with Gasteiger partial charge < -0.3 is 19.5 Å². The van der Waals surface area contributed by atoms with Crippen LogP contribution in [0.1, 0.15) is 22.2 Å². The molecule has 1 aliphatic heterocycles. The lowest BCUT2D eigenvalue weighted by Gasteiger charge is -2.33. The lowest BCUT2D eigenvalue weighted by Crippen LogP contribution is -2.46. The van der Waals surface area contributed by atoms with Gasteiger partial charge in [-0.05, 0) is 17.7 Å². The predicted octanol–water partition coefficient (Wildman–Crippen LogP) is 3.32. The van der Waals surface area contributed by atoms with Crippen LogP contribution < -0.4 is 5.32 Å². The van der Waals surface area contributed by atoms with Gasteiger partial charge in [-0.2, -0.15) is 0 Å². The smallest absolute Gasteiger partial charge is 0.273 e. The minimum Gasteiger partial charge on any atom is -0.370 e. The zero-order valence-electron chi connectivity index (χ0n) is 16.1. The van der Waals surface area contributed by atoms with Crippen LogP contribution in [-0.4, -0.2) is 48.1 Å². The first kappa shape index (κ1) is 20.1. The van der Waals surface area contributed by atoms with Gasteiger partial charge in [0.05, 0.1) is 19.7 Å². The molecule has 0 bridgehead atoms. The van der Waals surface area contributed by atoms with E-state index in [0.29, 0.717) is 30.5 Å². The van der Waals surface area contributed by atoms with Crippen molar-refractivity contribution in [1.29, 1.82) is 0 Å². The molecule has 0 saturated carbocycles. The van der Waals surface area contributed by atoms with Crippen LogP contribution in [0.2, 0.25) is 5.02 Å². The molecular weight excluding hydrogens is 406 g/mol. The number of halogens is 1. The third-order valence-electron chi connectivity index (χ3n) is 4.86. The van der Waals surface area contributed by atoms with Crippen molar-refractivity contribution in [2.75, 3.05) is 26.2 Å². The van der Waals surface area contributed by atoms with E-state index in [4.69, 9.17) is 20.9 Å². The molecule has 1 aliphatic rings. The summed E-state index contributed by atoms with van der Waals surface area (Å²) in [6.07, 6.45) is -0.223. The third kappa shape index (κ3) is 4.69. The Bertz CT molecular complexity index is 1020. The Morgan fingerprint density at radius 3 is 2.67 bits per heavy atom. The number of carbonyl (C=O) groups is 2. The fourth-order valence-electron chi connectivity index (χ4n) is 3.23. The molecule has 0 spiro atoms. The van der Waals surface area contributed by atoms with Crippen LogP contribution in [0.15, 0.2) is 65.2 Å². The van der Waals surface area contributed by atoms with Gasteiger partial charge in [-0.3, -0.25) is 9.59 Å². The highest BCUT2D eigenvalue weighted by Crippen LogP contribution is 2.24. The maximum absolute atomic E-state index is 12.6. The molecule has 1 saturated heterocycles. The second-order valence-electron chi connectivity index (χ2n) is 6.88. The summed E-state index contributed by atoms with van der Waals surface area (Å²) in [6.45, 7) is 1.19. The standard InChI is InChI=1S/C22H20ClN3O4/c23-17-8-6-16(7-9-17)20-14-26(10-11-29-20)21(27)13-24-22(28)18-12-19(30-25-18)15-4-2-1-3-5-15/h1-9,12,20H,10-11,13-14H2,(H,24,28). The molecule has 1 aromatic heterocycles. The molecule has 0 radical (unpaired) electrons. The number of nitrogens with zero attached hydrogens (tertiary/aromatic N) is 2. The molecular formula is C22H20ClN3O4. The third-order valence-corrected chi connectivity index (χ3v) is 5.11. The Labute approximate surface area is 178 Å². The highest BCUT2D eigenvalue weighted by Gasteiger charge is 2.26. The molecule has 2 aromatic carbocycles. The molecule has 154 valence electrons. The summed E-state index contributed by atoms with van der Waals surface area (Å²) in [4.78, 5) is 26.6. The number of morpholine rings is 1. The maximum atomic E-state index is 12.6. The van der Waals surface area contributed by atoms with Crippen molar-refractivity contribution in [2.24, 2.45) is 0 Å². The Morgan fingerprint density at radius 1 is 1.13 bits per heavy atom. The summed E-state index contributed by atoms with van der Waals surface area (Å²) < 4.78 is 11.0. The first-order chi connectivity index (χ1) is 14.6. The molecule has 0 aliphatic carbocycles. The average Bonchev–Trinajstić information content (AvgIpc) is 3.29. The van der Waals surface area contributed by atoms with E-state index in [9.17, 15) is 9.59 Å². The van der Waals surface area contributed by atoms with Crippen LogP contribution in [0, 0.1) is 0 Å². The second kappa shape index (κ2) is 9.11. The van der Waals surface area contributed by atoms with Crippen LogP contribution in [0.5, 0.6) is 0 Å². The maximum Gasteiger partial charge on any atom is 0.273 e. The quantitative estimate of drug-likeness (QED) is 0.677. The number of hydrogen-bond acceptors (Lipinski definition) is 5. The van der Waals surface area contributed by atoms with Gasteiger partial charge in [0.15, 0.2) is 11.5 Å². The number of hydrogen-bond donors (Lipinski definition) is 1. The molecule has 4 rings (SSSR count). The van der Waals surface area contributed by atoms with Gasteiger partial charge in [0, 0.05) is 23.2 Å². The van der Waals surface area contributed by atoms with Gasteiger partial charge >= 0.3 is 0 Å². The number of nitrogens with one attached hydrogen (secondary N) is 1. The Hall–Kier alpha value is -3.16. The topological polar surface area (TPSA) is 84.7 Å². The first-order valence-corrected chi connectivity index (χ1v) is 9.93. The highest BCUT2D eigenvalue weighted by atomic mass is 35.5. The summed E-state index contributed by atoms with van der Waals surface area (Å²) in [5, 5.41) is 7.06. The number of benzene rings is 2. The van der Waals surface area contributed by atoms with Gasteiger partial charge in [-0.25, -0.2) is 0 Å². The zero-order valence-corrected chi connectivity index (χ0v) is 16.8. The zero-order chi connectivity index (χ0) is 20.9. The number of ether oxygens (including phenoxy) is 1. The van der Waals surface area contributed by atoms with Crippen molar-refractivity contribution in [1.82, 2.24) is 15.4 Å². The van der Waals surface area contributed by atoms with Crippen molar-refractivity contribution >= 4 is 23.4 Å². The Balaban J connectivity index is 1.32. The van der Waals surface area contributed by atoms with Crippen LogP contribution in [-0.2, 0) is 9.53 Å².